The molecule has 0 amide bonds. The Balaban J connectivity index is 1.73. The summed E-state index contributed by atoms with van der Waals surface area (Å²) in [6, 6.07) is 0. The van der Waals surface area contributed by atoms with E-state index in [-0.39, 0.29) is 0 Å². The Labute approximate surface area is 127 Å². The summed E-state index contributed by atoms with van der Waals surface area (Å²) in [5.74, 6) is 2.60. The summed E-state index contributed by atoms with van der Waals surface area (Å²) in [6.07, 6.45) is 4.19. The highest BCUT2D eigenvalue weighted by Gasteiger charge is 2.28. The van der Waals surface area contributed by atoms with E-state index in [0.717, 1.165) is 28.8 Å². The third-order valence-corrected chi connectivity index (χ3v) is 4.87. The SMILES string of the molecule is Cc1c(Cl)nc(C2CC2)nc1NCC(C)c1nccs1. The van der Waals surface area contributed by atoms with Crippen molar-refractivity contribution in [2.24, 2.45) is 0 Å². The highest BCUT2D eigenvalue weighted by Crippen LogP contribution is 2.39. The molecule has 20 heavy (non-hydrogen) atoms. The van der Waals surface area contributed by atoms with E-state index in [1.165, 1.54) is 12.8 Å². The average Bonchev–Trinajstić information content (AvgIpc) is 3.14. The first-order chi connectivity index (χ1) is 9.65. The van der Waals surface area contributed by atoms with Crippen molar-refractivity contribution in [3.8, 4) is 0 Å². The Kier molecular flexibility index (Phi) is 3.89. The molecule has 1 aliphatic carbocycles. The van der Waals surface area contributed by atoms with E-state index >= 15 is 0 Å². The van der Waals surface area contributed by atoms with E-state index in [1.807, 2.05) is 18.5 Å². The molecule has 1 aliphatic rings. The molecule has 3 rings (SSSR count). The second-order valence-electron chi connectivity index (χ2n) is 5.27. The maximum atomic E-state index is 6.20. The maximum absolute atomic E-state index is 6.20. The number of nitrogens with one attached hydrogen (secondary N) is 1. The van der Waals surface area contributed by atoms with Gasteiger partial charge in [0.1, 0.15) is 16.8 Å². The van der Waals surface area contributed by atoms with E-state index in [1.54, 1.807) is 11.3 Å². The molecule has 1 saturated carbocycles. The van der Waals surface area contributed by atoms with E-state index < -0.39 is 0 Å². The molecule has 0 saturated heterocycles. The fraction of sp³-hybridized carbons (Fsp3) is 0.500. The normalized spacial score (nSPS) is 16.1. The van der Waals surface area contributed by atoms with E-state index in [4.69, 9.17) is 11.6 Å². The molecule has 2 heterocycles. The Morgan fingerprint density at radius 1 is 1.45 bits per heavy atom. The number of hydrogen-bond acceptors (Lipinski definition) is 5. The average molecular weight is 309 g/mol. The third kappa shape index (κ3) is 2.94. The van der Waals surface area contributed by atoms with Gasteiger partial charge in [-0.3, -0.25) is 0 Å². The van der Waals surface area contributed by atoms with Gasteiger partial charge in [0.15, 0.2) is 0 Å². The summed E-state index contributed by atoms with van der Waals surface area (Å²) in [6.45, 7) is 4.91. The minimum Gasteiger partial charge on any atom is -0.369 e. The molecule has 1 fully saturated rings. The quantitative estimate of drug-likeness (QED) is 0.849. The lowest BCUT2D eigenvalue weighted by Gasteiger charge is -2.14. The number of halogens is 1. The molecule has 2 aromatic heterocycles. The van der Waals surface area contributed by atoms with Crippen LogP contribution in [-0.4, -0.2) is 21.5 Å². The van der Waals surface area contributed by atoms with Crippen LogP contribution in [0.1, 0.15) is 48.0 Å². The molecule has 6 heteroatoms. The topological polar surface area (TPSA) is 50.7 Å². The van der Waals surface area contributed by atoms with Crippen molar-refractivity contribution in [2.45, 2.75) is 38.5 Å². The Morgan fingerprint density at radius 3 is 2.90 bits per heavy atom. The molecular weight excluding hydrogens is 292 g/mol. The number of nitrogens with zero attached hydrogens (tertiary/aromatic N) is 3. The van der Waals surface area contributed by atoms with Gasteiger partial charge in [-0.1, -0.05) is 18.5 Å². The Hall–Kier alpha value is -1.20. The van der Waals surface area contributed by atoms with Crippen LogP contribution in [-0.2, 0) is 0 Å². The van der Waals surface area contributed by atoms with Crippen LogP contribution in [0.5, 0.6) is 0 Å². The molecule has 2 aromatic rings. The van der Waals surface area contributed by atoms with Crippen LogP contribution in [0.2, 0.25) is 5.15 Å². The van der Waals surface area contributed by atoms with E-state index in [0.29, 0.717) is 17.0 Å². The van der Waals surface area contributed by atoms with Crippen molar-refractivity contribution >= 4 is 28.8 Å². The van der Waals surface area contributed by atoms with Gasteiger partial charge in [-0.2, -0.15) is 0 Å². The molecular formula is C14H17ClN4S. The molecule has 0 aliphatic heterocycles. The predicted octanol–water partition coefficient (Wildman–Crippen LogP) is 3.99. The van der Waals surface area contributed by atoms with Crippen LogP contribution in [0, 0.1) is 6.92 Å². The zero-order chi connectivity index (χ0) is 14.1. The van der Waals surface area contributed by atoms with E-state index in [2.05, 4.69) is 27.2 Å². The summed E-state index contributed by atoms with van der Waals surface area (Å²) >= 11 is 7.89. The lowest BCUT2D eigenvalue weighted by Crippen LogP contribution is -2.13. The molecule has 0 spiro atoms. The van der Waals surface area contributed by atoms with Gasteiger partial charge in [-0.25, -0.2) is 15.0 Å². The number of hydrogen-bond donors (Lipinski definition) is 1. The lowest BCUT2D eigenvalue weighted by molar-refractivity contribution is 0.787. The molecule has 4 nitrogen and oxygen atoms in total. The number of rotatable bonds is 5. The molecule has 1 N–H and O–H groups in total. The van der Waals surface area contributed by atoms with Gasteiger partial charge in [0.25, 0.3) is 0 Å². The monoisotopic (exact) mass is 308 g/mol. The molecule has 0 radical (unpaired) electrons. The molecule has 0 aromatic carbocycles. The van der Waals surface area contributed by atoms with Crippen molar-refractivity contribution in [3.63, 3.8) is 0 Å². The molecule has 1 unspecified atom stereocenters. The van der Waals surface area contributed by atoms with Crippen molar-refractivity contribution < 1.29 is 0 Å². The standard InChI is InChI=1S/C14H17ClN4S/c1-8(14-16-5-6-20-14)7-17-12-9(2)11(15)18-13(19-12)10-3-4-10/h5-6,8,10H,3-4,7H2,1-2H3,(H,17,18,19). The second kappa shape index (κ2) is 5.66. The van der Waals surface area contributed by atoms with Crippen molar-refractivity contribution in [1.29, 1.82) is 0 Å². The lowest BCUT2D eigenvalue weighted by atomic mass is 10.2. The van der Waals surface area contributed by atoms with Gasteiger partial charge in [-0.05, 0) is 19.8 Å². The van der Waals surface area contributed by atoms with Gasteiger partial charge in [0, 0.05) is 35.5 Å². The molecule has 1 atom stereocenters. The van der Waals surface area contributed by atoms with Crippen LogP contribution in [0.3, 0.4) is 0 Å². The smallest absolute Gasteiger partial charge is 0.137 e. The van der Waals surface area contributed by atoms with Crippen LogP contribution in [0.25, 0.3) is 0 Å². The van der Waals surface area contributed by atoms with Crippen molar-refractivity contribution in [2.75, 3.05) is 11.9 Å². The number of aromatic nitrogens is 3. The van der Waals surface area contributed by atoms with Gasteiger partial charge in [-0.15, -0.1) is 11.3 Å². The minimum atomic E-state index is 0.354. The fourth-order valence-corrected chi connectivity index (χ4v) is 2.89. The minimum absolute atomic E-state index is 0.354. The van der Waals surface area contributed by atoms with Gasteiger partial charge >= 0.3 is 0 Å². The number of thiazole rings is 1. The van der Waals surface area contributed by atoms with Crippen LogP contribution < -0.4 is 5.32 Å². The van der Waals surface area contributed by atoms with Crippen LogP contribution >= 0.6 is 22.9 Å². The van der Waals surface area contributed by atoms with Crippen molar-refractivity contribution in [1.82, 2.24) is 15.0 Å². The van der Waals surface area contributed by atoms with Crippen molar-refractivity contribution in [3.05, 3.63) is 33.1 Å². The first-order valence-electron chi connectivity index (χ1n) is 6.82. The van der Waals surface area contributed by atoms with Crippen LogP contribution in [0.15, 0.2) is 11.6 Å². The van der Waals surface area contributed by atoms with Gasteiger partial charge in [0.2, 0.25) is 0 Å². The third-order valence-electron chi connectivity index (χ3n) is 3.49. The zero-order valence-electron chi connectivity index (χ0n) is 11.6. The summed E-state index contributed by atoms with van der Waals surface area (Å²) in [4.78, 5) is 13.3. The molecule has 106 valence electrons. The predicted molar refractivity (Wildman–Crippen MR) is 82.8 cm³/mol. The highest BCUT2D eigenvalue weighted by molar-refractivity contribution is 7.09. The number of anilines is 1. The molecule has 0 bridgehead atoms. The fourth-order valence-electron chi connectivity index (χ4n) is 2.02. The maximum Gasteiger partial charge on any atom is 0.137 e. The first kappa shape index (κ1) is 13.8. The highest BCUT2D eigenvalue weighted by atomic mass is 35.5. The summed E-state index contributed by atoms with van der Waals surface area (Å²) < 4.78 is 0. The van der Waals surface area contributed by atoms with Gasteiger partial charge < -0.3 is 5.32 Å². The Morgan fingerprint density at radius 2 is 2.25 bits per heavy atom. The first-order valence-corrected chi connectivity index (χ1v) is 8.08. The van der Waals surface area contributed by atoms with Crippen LogP contribution in [0.4, 0.5) is 5.82 Å². The second-order valence-corrected chi connectivity index (χ2v) is 6.56. The zero-order valence-corrected chi connectivity index (χ0v) is 13.1. The Bertz CT molecular complexity index is 595. The summed E-state index contributed by atoms with van der Waals surface area (Å²) in [7, 11) is 0. The summed E-state index contributed by atoms with van der Waals surface area (Å²) in [5.41, 5.74) is 0.919. The summed E-state index contributed by atoms with van der Waals surface area (Å²) in [5, 5.41) is 7.10. The van der Waals surface area contributed by atoms with Gasteiger partial charge in [0.05, 0.1) is 5.01 Å². The largest absolute Gasteiger partial charge is 0.369 e. The van der Waals surface area contributed by atoms with E-state index in [9.17, 15) is 0 Å².